The van der Waals surface area contributed by atoms with E-state index in [0.717, 1.165) is 17.0 Å². The molecule has 11 heteroatoms. The highest BCUT2D eigenvalue weighted by Gasteiger charge is 2.26. The highest BCUT2D eigenvalue weighted by Crippen LogP contribution is 2.26. The number of sulfonamides is 1. The van der Waals surface area contributed by atoms with Crippen molar-refractivity contribution in [3.8, 4) is 16.4 Å². The molecule has 9 nitrogen and oxygen atoms in total. The van der Waals surface area contributed by atoms with E-state index >= 15 is 0 Å². The minimum atomic E-state index is -3.62. The molecule has 0 unspecified atom stereocenters. The van der Waals surface area contributed by atoms with Crippen LogP contribution in [0.25, 0.3) is 16.4 Å². The van der Waals surface area contributed by atoms with E-state index in [2.05, 4.69) is 15.4 Å². The Morgan fingerprint density at radius 2 is 1.77 bits per heavy atom. The number of nitrogens with zero attached hydrogens (tertiary/aromatic N) is 4. The quantitative estimate of drug-likeness (QED) is 0.426. The Bertz CT molecular complexity index is 1440. The van der Waals surface area contributed by atoms with E-state index in [9.17, 15) is 13.2 Å². The molecule has 1 aliphatic rings. The number of morpholine rings is 1. The first-order valence-electron chi connectivity index (χ1n) is 11.0. The Kier molecular flexibility index (Phi) is 6.48. The molecule has 1 saturated heterocycles. The Hall–Kier alpha value is -3.38. The average Bonchev–Trinajstić information content (AvgIpc) is 3.52. The first-order valence-corrected chi connectivity index (χ1v) is 13.3. The van der Waals surface area contributed by atoms with Crippen LogP contribution < -0.4 is 5.32 Å². The summed E-state index contributed by atoms with van der Waals surface area (Å²) in [6.45, 7) is 3.22. The van der Waals surface area contributed by atoms with E-state index in [1.54, 1.807) is 10.7 Å². The summed E-state index contributed by atoms with van der Waals surface area (Å²) < 4.78 is 33.9. The van der Waals surface area contributed by atoms with Crippen molar-refractivity contribution in [2.45, 2.75) is 11.8 Å². The third-order valence-electron chi connectivity index (χ3n) is 5.54. The number of carbonyl (C=O) groups is 1. The molecule has 5 rings (SSSR count). The molecule has 180 valence electrons. The van der Waals surface area contributed by atoms with Crippen LogP contribution in [-0.4, -0.2) is 59.7 Å². The number of thiazole rings is 1. The Morgan fingerprint density at radius 1 is 1.06 bits per heavy atom. The molecular weight excluding hydrogens is 486 g/mol. The van der Waals surface area contributed by atoms with Crippen LogP contribution in [0, 0.1) is 6.92 Å². The van der Waals surface area contributed by atoms with E-state index in [1.165, 1.54) is 39.9 Å². The second-order valence-electron chi connectivity index (χ2n) is 7.96. The van der Waals surface area contributed by atoms with E-state index in [0.29, 0.717) is 42.8 Å². The summed E-state index contributed by atoms with van der Waals surface area (Å²) in [5.41, 5.74) is 2.88. The molecular formula is C24H23N5O4S2. The van der Waals surface area contributed by atoms with Crippen LogP contribution in [0.4, 0.5) is 5.82 Å². The summed E-state index contributed by atoms with van der Waals surface area (Å²) in [7, 11) is -3.62. The van der Waals surface area contributed by atoms with Gasteiger partial charge in [0.2, 0.25) is 15.2 Å². The summed E-state index contributed by atoms with van der Waals surface area (Å²) in [6, 6.07) is 17.5. The monoisotopic (exact) mass is 509 g/mol. The summed E-state index contributed by atoms with van der Waals surface area (Å²) in [5, 5.41) is 9.93. The highest BCUT2D eigenvalue weighted by atomic mass is 32.2. The first-order chi connectivity index (χ1) is 16.9. The number of anilines is 1. The summed E-state index contributed by atoms with van der Waals surface area (Å²) in [6.07, 6.45) is 0. The smallest absolute Gasteiger partial charge is 0.256 e. The second kappa shape index (κ2) is 9.70. The van der Waals surface area contributed by atoms with Gasteiger partial charge in [-0.2, -0.15) is 14.1 Å². The number of carbonyl (C=O) groups excluding carboxylic acids is 1. The van der Waals surface area contributed by atoms with Gasteiger partial charge in [0.25, 0.3) is 5.91 Å². The lowest BCUT2D eigenvalue weighted by Crippen LogP contribution is -2.40. The minimum Gasteiger partial charge on any atom is -0.379 e. The van der Waals surface area contributed by atoms with Gasteiger partial charge in [-0.15, -0.1) is 11.3 Å². The van der Waals surface area contributed by atoms with Gasteiger partial charge >= 0.3 is 0 Å². The van der Waals surface area contributed by atoms with Crippen LogP contribution in [0.5, 0.6) is 0 Å². The van der Waals surface area contributed by atoms with Crippen molar-refractivity contribution in [1.82, 2.24) is 19.1 Å². The van der Waals surface area contributed by atoms with Crippen molar-refractivity contribution in [2.24, 2.45) is 0 Å². The number of hydrogen-bond donors (Lipinski definition) is 1. The first kappa shape index (κ1) is 23.4. The molecule has 3 heterocycles. The van der Waals surface area contributed by atoms with Crippen LogP contribution in [0.15, 0.2) is 70.9 Å². The number of aryl methyl sites for hydroxylation is 1. The van der Waals surface area contributed by atoms with Gasteiger partial charge in [-0.25, -0.2) is 13.4 Å². The van der Waals surface area contributed by atoms with E-state index in [4.69, 9.17) is 4.74 Å². The van der Waals surface area contributed by atoms with Crippen LogP contribution in [0.3, 0.4) is 0 Å². The number of benzene rings is 2. The molecule has 1 amide bonds. The van der Waals surface area contributed by atoms with Gasteiger partial charge < -0.3 is 10.1 Å². The Balaban J connectivity index is 1.34. The average molecular weight is 510 g/mol. The standard InChI is InChI=1S/C24H23N5O4S2/c1-17-15-22(29(27-17)24-25-21(16-34-24)18-5-3-2-4-6-18)26-23(30)19-7-9-20(10-8-19)35(31,32)28-11-13-33-14-12-28/h2-10,15-16H,11-14H2,1H3,(H,26,30). The highest BCUT2D eigenvalue weighted by molar-refractivity contribution is 7.89. The fraction of sp³-hybridized carbons (Fsp3) is 0.208. The third kappa shape index (κ3) is 4.89. The molecule has 0 spiro atoms. The molecule has 1 N–H and O–H groups in total. The molecule has 1 aliphatic heterocycles. The Morgan fingerprint density at radius 3 is 2.49 bits per heavy atom. The topological polar surface area (TPSA) is 106 Å². The normalized spacial score (nSPS) is 14.7. The number of aromatic nitrogens is 3. The van der Waals surface area contributed by atoms with Crippen LogP contribution >= 0.6 is 11.3 Å². The molecule has 0 bridgehead atoms. The van der Waals surface area contributed by atoms with Gasteiger partial charge in [-0.1, -0.05) is 30.3 Å². The maximum atomic E-state index is 13.0. The lowest BCUT2D eigenvalue weighted by Gasteiger charge is -2.26. The number of nitrogens with one attached hydrogen (secondary N) is 1. The van der Waals surface area contributed by atoms with Crippen LogP contribution in [0.2, 0.25) is 0 Å². The maximum absolute atomic E-state index is 13.0. The molecule has 4 aromatic rings. The van der Waals surface area contributed by atoms with Gasteiger partial charge in [0, 0.05) is 35.7 Å². The maximum Gasteiger partial charge on any atom is 0.256 e. The lowest BCUT2D eigenvalue weighted by atomic mass is 10.2. The fourth-order valence-corrected chi connectivity index (χ4v) is 5.94. The molecule has 0 atom stereocenters. The summed E-state index contributed by atoms with van der Waals surface area (Å²) in [4.78, 5) is 17.8. The Labute approximate surface area is 207 Å². The van der Waals surface area contributed by atoms with Crippen molar-refractivity contribution < 1.29 is 17.9 Å². The summed E-state index contributed by atoms with van der Waals surface area (Å²) in [5.74, 6) is 0.104. The van der Waals surface area contributed by atoms with Gasteiger partial charge in [0.1, 0.15) is 5.82 Å². The van der Waals surface area contributed by atoms with Crippen molar-refractivity contribution in [1.29, 1.82) is 0 Å². The minimum absolute atomic E-state index is 0.146. The van der Waals surface area contributed by atoms with Gasteiger partial charge in [-0.3, -0.25) is 4.79 Å². The predicted molar refractivity (Wildman–Crippen MR) is 133 cm³/mol. The van der Waals surface area contributed by atoms with E-state index < -0.39 is 10.0 Å². The van der Waals surface area contributed by atoms with Crippen molar-refractivity contribution in [2.75, 3.05) is 31.6 Å². The molecule has 35 heavy (non-hydrogen) atoms. The van der Waals surface area contributed by atoms with Gasteiger partial charge in [0.05, 0.1) is 29.5 Å². The van der Waals surface area contributed by atoms with Crippen LogP contribution in [-0.2, 0) is 14.8 Å². The molecule has 0 aliphatic carbocycles. The van der Waals surface area contributed by atoms with Gasteiger partial charge in [0.15, 0.2) is 0 Å². The molecule has 1 fully saturated rings. The fourth-order valence-electron chi connectivity index (χ4n) is 3.74. The molecule has 0 saturated carbocycles. The largest absolute Gasteiger partial charge is 0.379 e. The number of amides is 1. The van der Waals surface area contributed by atoms with E-state index in [1.807, 2.05) is 42.6 Å². The number of hydrogen-bond acceptors (Lipinski definition) is 7. The molecule has 2 aromatic heterocycles. The zero-order valence-electron chi connectivity index (χ0n) is 18.9. The third-order valence-corrected chi connectivity index (χ3v) is 8.27. The zero-order valence-corrected chi connectivity index (χ0v) is 20.6. The van der Waals surface area contributed by atoms with Crippen molar-refractivity contribution >= 4 is 33.1 Å². The zero-order chi connectivity index (χ0) is 24.4. The predicted octanol–water partition coefficient (Wildman–Crippen LogP) is 3.58. The SMILES string of the molecule is Cc1cc(NC(=O)c2ccc(S(=O)(=O)N3CCOCC3)cc2)n(-c2nc(-c3ccccc3)cs2)n1. The van der Waals surface area contributed by atoms with Crippen molar-refractivity contribution in [3.05, 3.63) is 77.3 Å². The van der Waals surface area contributed by atoms with Crippen LogP contribution in [0.1, 0.15) is 16.1 Å². The number of rotatable bonds is 6. The van der Waals surface area contributed by atoms with E-state index in [-0.39, 0.29) is 10.8 Å². The van der Waals surface area contributed by atoms with Gasteiger partial charge in [-0.05, 0) is 31.2 Å². The lowest BCUT2D eigenvalue weighted by molar-refractivity contribution is 0.0730. The molecule has 0 radical (unpaired) electrons. The van der Waals surface area contributed by atoms with Crippen molar-refractivity contribution in [3.63, 3.8) is 0 Å². The number of ether oxygens (including phenoxy) is 1. The summed E-state index contributed by atoms with van der Waals surface area (Å²) >= 11 is 1.42. The molecule has 2 aromatic carbocycles. The second-order valence-corrected chi connectivity index (χ2v) is 10.7.